The zero-order valence-electron chi connectivity index (χ0n) is 34.4. The minimum atomic E-state index is -3.18. The van der Waals surface area contributed by atoms with Gasteiger partial charge in [0.1, 0.15) is 12.0 Å². The van der Waals surface area contributed by atoms with Crippen molar-refractivity contribution in [3.63, 3.8) is 0 Å². The number of fused-ring (bicyclic) bond motifs is 1. The summed E-state index contributed by atoms with van der Waals surface area (Å²) in [4.78, 5) is 47.5. The van der Waals surface area contributed by atoms with E-state index in [1.165, 1.54) is 4.70 Å². The Morgan fingerprint density at radius 1 is 0.897 bits per heavy atom. The highest BCUT2D eigenvalue weighted by atomic mass is 32.1. The number of likely N-dealkylation sites (tertiary alicyclic amines) is 1. The fraction of sp³-hybridized carbons (Fsp3) is 0.306. The summed E-state index contributed by atoms with van der Waals surface area (Å²) in [7, 11) is -2.37. The number of Topliss-reactive ketones (excluding diaryl/α,β-unsaturated/α-hetero) is 1. The van der Waals surface area contributed by atoms with Crippen LogP contribution in [-0.2, 0) is 23.5 Å². The van der Waals surface area contributed by atoms with Gasteiger partial charge in [-0.1, -0.05) is 143 Å². The van der Waals surface area contributed by atoms with E-state index >= 15 is 14.4 Å². The zero-order valence-corrected chi connectivity index (χ0v) is 37.1. The number of amides is 1. The van der Waals surface area contributed by atoms with E-state index in [9.17, 15) is 0 Å². The Morgan fingerprint density at radius 3 is 2.00 bits per heavy atom. The van der Waals surface area contributed by atoms with Gasteiger partial charge in [0.2, 0.25) is 5.91 Å². The van der Waals surface area contributed by atoms with Crippen molar-refractivity contribution in [2.75, 3.05) is 6.61 Å². The van der Waals surface area contributed by atoms with Gasteiger partial charge in [0, 0.05) is 17.5 Å². The molecular formula is C49H54NO5PSSi. The first-order valence-electron chi connectivity index (χ1n) is 20.2. The fourth-order valence-electron chi connectivity index (χ4n) is 8.54. The summed E-state index contributed by atoms with van der Waals surface area (Å²) in [6.45, 7) is 13.6. The minimum absolute atomic E-state index is 0.0235. The number of benzene rings is 4. The van der Waals surface area contributed by atoms with Gasteiger partial charge in [-0.2, -0.15) is 0 Å². The Kier molecular flexibility index (Phi) is 12.1. The third-order valence-corrected chi connectivity index (χ3v) is 22.1. The van der Waals surface area contributed by atoms with Crippen LogP contribution in [-0.4, -0.2) is 55.0 Å². The van der Waals surface area contributed by atoms with Gasteiger partial charge in [-0.25, -0.2) is 4.79 Å². The predicted octanol–water partition coefficient (Wildman–Crippen LogP) is 9.74. The van der Waals surface area contributed by atoms with Gasteiger partial charge < -0.3 is 14.1 Å². The molecule has 2 fully saturated rings. The number of esters is 1. The molecule has 2 aliphatic rings. The third kappa shape index (κ3) is 7.56. The molecule has 4 atom stereocenters. The molecule has 0 radical (unpaired) electrons. The van der Waals surface area contributed by atoms with Crippen molar-refractivity contribution in [2.45, 2.75) is 77.2 Å². The average Bonchev–Trinajstić information content (AvgIpc) is 3.63. The van der Waals surface area contributed by atoms with Crippen LogP contribution in [0, 0.1) is 11.8 Å². The Bertz CT molecular complexity index is 2300. The van der Waals surface area contributed by atoms with Crippen molar-refractivity contribution in [1.29, 1.82) is 0 Å². The van der Waals surface area contributed by atoms with Crippen LogP contribution < -0.4 is 15.9 Å². The first-order valence-corrected chi connectivity index (χ1v) is 25.8. The van der Waals surface area contributed by atoms with Crippen LogP contribution in [0.25, 0.3) is 16.2 Å². The van der Waals surface area contributed by atoms with Crippen molar-refractivity contribution in [3.8, 4) is 0 Å². The lowest BCUT2D eigenvalue weighted by molar-refractivity contribution is -0.162. The number of ketones is 1. The van der Waals surface area contributed by atoms with Crippen molar-refractivity contribution in [1.82, 2.24) is 4.90 Å². The van der Waals surface area contributed by atoms with Gasteiger partial charge in [-0.15, -0.1) is 11.3 Å². The summed E-state index contributed by atoms with van der Waals surface area (Å²) in [6, 6.07) is 37.6. The Balaban J connectivity index is 1.50. The molecule has 5 aromatic rings. The van der Waals surface area contributed by atoms with E-state index in [0.717, 1.165) is 38.9 Å². The predicted molar refractivity (Wildman–Crippen MR) is 245 cm³/mol. The quantitative estimate of drug-likeness (QED) is 0.0313. The normalized spacial score (nSPS) is 20.1. The molecule has 1 saturated heterocycles. The standard InChI is InChI=1S/C49H54NO5PSSi/c1-8-31-54-48(53)47(56(37-22-12-9-13-23-37,38-24-14-10-15-25-38)39-26-16-11-17-27-39)50-44(43(46(50)52)34(2)55-58(6,7)49(3,4)5)41-29-20-21-35(45(41)51)32-36-33-57-42-30-19-18-28-40(36)42/h8-19,22-28,30,32-34,41,43-44H,1,20-21,29,31H2,2-7H3/t34-,41-,43-,44-/m1/s1. The molecule has 2 heterocycles. The molecule has 1 aliphatic carbocycles. The van der Waals surface area contributed by atoms with Crippen LogP contribution >= 0.6 is 18.2 Å². The van der Waals surface area contributed by atoms with Gasteiger partial charge >= 0.3 is 5.97 Å². The maximum atomic E-state index is 15.4. The smallest absolute Gasteiger partial charge is 0.356 e. The summed E-state index contributed by atoms with van der Waals surface area (Å²) in [6.07, 6.45) is 5.11. The van der Waals surface area contributed by atoms with E-state index in [0.29, 0.717) is 12.8 Å². The van der Waals surface area contributed by atoms with E-state index in [-0.39, 0.29) is 28.8 Å². The van der Waals surface area contributed by atoms with E-state index in [2.05, 4.69) is 64.0 Å². The van der Waals surface area contributed by atoms with Crippen LogP contribution in [0.1, 0.15) is 52.5 Å². The van der Waals surface area contributed by atoms with E-state index in [1.54, 1.807) is 22.3 Å². The number of allylic oxidation sites excluding steroid dienone is 1. The highest BCUT2D eigenvalue weighted by Crippen LogP contribution is 2.52. The lowest BCUT2D eigenvalue weighted by Gasteiger charge is -2.55. The Morgan fingerprint density at radius 2 is 1.45 bits per heavy atom. The fourth-order valence-corrected chi connectivity index (χ4v) is 15.3. The summed E-state index contributed by atoms with van der Waals surface area (Å²) >= 11 is 1.67. The second-order valence-corrected chi connectivity index (χ2v) is 25.9. The summed E-state index contributed by atoms with van der Waals surface area (Å²) in [5, 5.41) is 5.83. The second-order valence-electron chi connectivity index (χ2n) is 16.9. The van der Waals surface area contributed by atoms with E-state index in [1.807, 2.05) is 110 Å². The molecule has 0 N–H and O–H groups in total. The molecule has 9 heteroatoms. The van der Waals surface area contributed by atoms with Crippen LogP contribution in [0.15, 0.2) is 139 Å². The number of hydrogen-bond acceptors (Lipinski definition) is 6. The minimum Gasteiger partial charge on any atom is -0.457 e. The topological polar surface area (TPSA) is 72.9 Å². The maximum Gasteiger partial charge on any atom is 0.356 e. The number of carbonyl (C=O) groups is 3. The average molecular weight is 828 g/mol. The lowest BCUT2D eigenvalue weighted by Crippen LogP contribution is -2.72. The van der Waals surface area contributed by atoms with E-state index in [4.69, 9.17) is 9.16 Å². The van der Waals surface area contributed by atoms with Crippen molar-refractivity contribution < 1.29 is 23.5 Å². The first kappa shape index (κ1) is 41.6. The van der Waals surface area contributed by atoms with Crippen LogP contribution in [0.4, 0.5) is 0 Å². The first-order chi connectivity index (χ1) is 27.8. The molecule has 4 aromatic carbocycles. The van der Waals surface area contributed by atoms with Crippen LogP contribution in [0.5, 0.6) is 0 Å². The summed E-state index contributed by atoms with van der Waals surface area (Å²) < 4.78 is 14.3. The Hall–Kier alpha value is -4.59. The van der Waals surface area contributed by atoms with Crippen LogP contribution in [0.2, 0.25) is 18.1 Å². The molecule has 1 aliphatic heterocycles. The third-order valence-electron chi connectivity index (χ3n) is 12.3. The second kappa shape index (κ2) is 16.9. The number of thiophene rings is 1. The SMILES string of the molecule is C=CCOC(=O)C(N1C(=O)[C@H]([C@@H](C)O[Si](C)(C)C(C)(C)C)[C@H]1[C@H]1CCCC(=Cc2csc3ccccc23)C1=O)=P(c1ccccc1)(c1ccccc1)c1ccccc1. The van der Waals surface area contributed by atoms with E-state index < -0.39 is 45.2 Å². The molecule has 0 bridgehead atoms. The highest BCUT2D eigenvalue weighted by molar-refractivity contribution is 7.96. The van der Waals surface area contributed by atoms with Crippen molar-refractivity contribution in [2.24, 2.45) is 11.8 Å². The summed E-state index contributed by atoms with van der Waals surface area (Å²) in [5.41, 5.74) is 2.05. The summed E-state index contributed by atoms with van der Waals surface area (Å²) in [5.74, 6) is -2.01. The molecule has 1 amide bonds. The van der Waals surface area contributed by atoms with Gasteiger partial charge in [0.15, 0.2) is 14.1 Å². The lowest BCUT2D eigenvalue weighted by atomic mass is 9.69. The number of β-lactam (4-membered cyclic amide) rings is 1. The molecule has 0 spiro atoms. The molecule has 7 rings (SSSR count). The zero-order chi connectivity index (χ0) is 41.2. The molecule has 1 aromatic heterocycles. The molecule has 300 valence electrons. The number of hydrogen-bond donors (Lipinski definition) is 0. The number of nitrogens with zero attached hydrogens (tertiary/aromatic N) is 1. The Labute approximate surface area is 348 Å². The number of carbonyl (C=O) groups excluding carboxylic acids is 3. The van der Waals surface area contributed by atoms with Gasteiger partial charge in [-0.3, -0.25) is 9.59 Å². The molecule has 0 unspecified atom stereocenters. The van der Waals surface area contributed by atoms with Crippen molar-refractivity contribution >= 4 is 81.7 Å². The number of rotatable bonds is 12. The van der Waals surface area contributed by atoms with Crippen LogP contribution in [0.3, 0.4) is 0 Å². The number of ether oxygens (including phenoxy) is 1. The highest BCUT2D eigenvalue weighted by Gasteiger charge is 2.60. The van der Waals surface area contributed by atoms with Crippen molar-refractivity contribution in [3.05, 3.63) is 144 Å². The largest absolute Gasteiger partial charge is 0.457 e. The monoisotopic (exact) mass is 827 g/mol. The van der Waals surface area contributed by atoms with Gasteiger partial charge in [0.25, 0.3) is 0 Å². The molecule has 1 saturated carbocycles. The van der Waals surface area contributed by atoms with Gasteiger partial charge in [0.05, 0.1) is 18.1 Å². The molecule has 58 heavy (non-hydrogen) atoms. The molecule has 6 nitrogen and oxygen atoms in total. The molecular weight excluding hydrogens is 774 g/mol. The maximum absolute atomic E-state index is 15.4. The van der Waals surface area contributed by atoms with Gasteiger partial charge in [-0.05, 0) is 94.3 Å².